The molecule has 0 amide bonds. The summed E-state index contributed by atoms with van der Waals surface area (Å²) < 4.78 is 12.6. The lowest BCUT2D eigenvalue weighted by molar-refractivity contribution is 0.188. The minimum Gasteiger partial charge on any atom is -0.486 e. The summed E-state index contributed by atoms with van der Waals surface area (Å²) in [5.41, 5.74) is 0. The zero-order valence-electron chi connectivity index (χ0n) is 10.2. The van der Waals surface area contributed by atoms with Crippen molar-refractivity contribution >= 4 is 11.6 Å². The second-order valence-corrected chi connectivity index (χ2v) is 4.75. The number of rotatable bonds is 6. The highest BCUT2D eigenvalue weighted by molar-refractivity contribution is 6.31. The SMILES string of the molecule is COCCCn1ncc(OC2CCCC2)c1Cl. The average molecular weight is 259 g/mol. The van der Waals surface area contributed by atoms with E-state index in [1.165, 1.54) is 12.8 Å². The van der Waals surface area contributed by atoms with E-state index < -0.39 is 0 Å². The van der Waals surface area contributed by atoms with Crippen LogP contribution in [0.15, 0.2) is 6.20 Å². The highest BCUT2D eigenvalue weighted by Gasteiger charge is 2.19. The number of hydrogen-bond acceptors (Lipinski definition) is 3. The molecule has 1 aromatic rings. The molecule has 1 aliphatic carbocycles. The quantitative estimate of drug-likeness (QED) is 0.736. The van der Waals surface area contributed by atoms with Gasteiger partial charge in [-0.1, -0.05) is 11.6 Å². The topological polar surface area (TPSA) is 36.3 Å². The van der Waals surface area contributed by atoms with Gasteiger partial charge in [-0.2, -0.15) is 5.10 Å². The van der Waals surface area contributed by atoms with Crippen LogP contribution < -0.4 is 4.74 Å². The van der Waals surface area contributed by atoms with Crippen LogP contribution in [0.2, 0.25) is 5.15 Å². The zero-order chi connectivity index (χ0) is 12.1. The van der Waals surface area contributed by atoms with Gasteiger partial charge in [0, 0.05) is 20.3 Å². The van der Waals surface area contributed by atoms with Gasteiger partial charge in [0.2, 0.25) is 0 Å². The van der Waals surface area contributed by atoms with Gasteiger partial charge >= 0.3 is 0 Å². The van der Waals surface area contributed by atoms with Crippen molar-refractivity contribution in [3.8, 4) is 5.75 Å². The molecule has 1 aliphatic rings. The number of ether oxygens (including phenoxy) is 2. The molecule has 1 aromatic heterocycles. The zero-order valence-corrected chi connectivity index (χ0v) is 10.9. The minimum atomic E-state index is 0.323. The Labute approximate surface area is 107 Å². The first-order chi connectivity index (χ1) is 8.31. The predicted molar refractivity (Wildman–Crippen MR) is 66.6 cm³/mol. The molecule has 0 N–H and O–H groups in total. The van der Waals surface area contributed by atoms with Crippen LogP contribution in [0, 0.1) is 0 Å². The molecule has 0 aromatic carbocycles. The number of hydrogen-bond donors (Lipinski definition) is 0. The molecule has 0 radical (unpaired) electrons. The Balaban J connectivity index is 1.89. The number of halogens is 1. The van der Waals surface area contributed by atoms with E-state index in [2.05, 4.69) is 5.10 Å². The predicted octanol–water partition coefficient (Wildman–Crippen LogP) is 2.89. The molecular weight excluding hydrogens is 240 g/mol. The molecule has 1 saturated carbocycles. The summed E-state index contributed by atoms with van der Waals surface area (Å²) in [4.78, 5) is 0. The largest absolute Gasteiger partial charge is 0.486 e. The number of methoxy groups -OCH3 is 1. The van der Waals surface area contributed by atoms with Crippen LogP contribution in [0.25, 0.3) is 0 Å². The molecule has 1 heterocycles. The number of aromatic nitrogens is 2. The van der Waals surface area contributed by atoms with Gasteiger partial charge in [-0.3, -0.25) is 4.68 Å². The molecule has 0 spiro atoms. The van der Waals surface area contributed by atoms with E-state index in [4.69, 9.17) is 21.1 Å². The third-order valence-corrected chi connectivity index (χ3v) is 3.44. The summed E-state index contributed by atoms with van der Waals surface area (Å²) in [6, 6.07) is 0. The van der Waals surface area contributed by atoms with Gasteiger partial charge in [0.25, 0.3) is 0 Å². The van der Waals surface area contributed by atoms with Gasteiger partial charge in [-0.05, 0) is 32.1 Å². The maximum absolute atomic E-state index is 6.22. The first kappa shape index (κ1) is 12.7. The van der Waals surface area contributed by atoms with Crippen LogP contribution in [0.4, 0.5) is 0 Å². The summed E-state index contributed by atoms with van der Waals surface area (Å²) >= 11 is 6.22. The molecule has 0 aliphatic heterocycles. The fraction of sp³-hybridized carbons (Fsp3) is 0.750. The molecule has 1 fully saturated rings. The van der Waals surface area contributed by atoms with Crippen molar-refractivity contribution in [3.63, 3.8) is 0 Å². The van der Waals surface area contributed by atoms with E-state index in [-0.39, 0.29) is 0 Å². The smallest absolute Gasteiger partial charge is 0.176 e. The Morgan fingerprint density at radius 3 is 2.94 bits per heavy atom. The summed E-state index contributed by atoms with van der Waals surface area (Å²) in [6.07, 6.45) is 7.71. The van der Waals surface area contributed by atoms with E-state index in [1.807, 2.05) is 0 Å². The van der Waals surface area contributed by atoms with Crippen LogP contribution >= 0.6 is 11.6 Å². The van der Waals surface area contributed by atoms with Gasteiger partial charge < -0.3 is 9.47 Å². The minimum absolute atomic E-state index is 0.323. The first-order valence-electron chi connectivity index (χ1n) is 6.18. The maximum Gasteiger partial charge on any atom is 0.176 e. The van der Waals surface area contributed by atoms with Crippen molar-refractivity contribution in [1.82, 2.24) is 9.78 Å². The molecule has 0 atom stereocenters. The van der Waals surface area contributed by atoms with Crippen LogP contribution in [0.1, 0.15) is 32.1 Å². The molecule has 0 bridgehead atoms. The molecule has 0 saturated heterocycles. The van der Waals surface area contributed by atoms with E-state index in [1.54, 1.807) is 18.0 Å². The van der Waals surface area contributed by atoms with Crippen molar-refractivity contribution in [2.24, 2.45) is 0 Å². The Bertz CT molecular complexity index is 348. The molecule has 0 unspecified atom stereocenters. The lowest BCUT2D eigenvalue weighted by Gasteiger charge is -2.11. The first-order valence-corrected chi connectivity index (χ1v) is 6.56. The second kappa shape index (κ2) is 6.26. The van der Waals surface area contributed by atoms with Crippen molar-refractivity contribution in [2.45, 2.75) is 44.8 Å². The fourth-order valence-electron chi connectivity index (χ4n) is 2.13. The lowest BCUT2D eigenvalue weighted by Crippen LogP contribution is -2.11. The molecule has 4 nitrogen and oxygen atoms in total. The van der Waals surface area contributed by atoms with E-state index in [0.29, 0.717) is 11.3 Å². The highest BCUT2D eigenvalue weighted by Crippen LogP contribution is 2.29. The van der Waals surface area contributed by atoms with Gasteiger partial charge in [-0.25, -0.2) is 0 Å². The maximum atomic E-state index is 6.22. The average Bonchev–Trinajstić information content (AvgIpc) is 2.94. The van der Waals surface area contributed by atoms with E-state index >= 15 is 0 Å². The monoisotopic (exact) mass is 258 g/mol. The van der Waals surface area contributed by atoms with E-state index in [0.717, 1.165) is 38.2 Å². The van der Waals surface area contributed by atoms with Gasteiger partial charge in [-0.15, -0.1) is 0 Å². The Kier molecular flexibility index (Phi) is 4.68. The molecular formula is C12H19ClN2O2. The van der Waals surface area contributed by atoms with E-state index in [9.17, 15) is 0 Å². The van der Waals surface area contributed by atoms with Crippen molar-refractivity contribution in [3.05, 3.63) is 11.3 Å². The number of nitrogens with zero attached hydrogens (tertiary/aromatic N) is 2. The standard InChI is InChI=1S/C12H19ClN2O2/c1-16-8-4-7-15-12(13)11(9-14-15)17-10-5-2-3-6-10/h9-10H,2-8H2,1H3. The summed E-state index contributed by atoms with van der Waals surface area (Å²) in [5, 5.41) is 4.84. The molecule has 17 heavy (non-hydrogen) atoms. The Morgan fingerprint density at radius 2 is 2.24 bits per heavy atom. The molecule has 5 heteroatoms. The lowest BCUT2D eigenvalue weighted by atomic mass is 10.3. The third-order valence-electron chi connectivity index (χ3n) is 3.06. The van der Waals surface area contributed by atoms with Gasteiger partial charge in [0.1, 0.15) is 0 Å². The summed E-state index contributed by atoms with van der Waals surface area (Å²) in [5.74, 6) is 0.719. The van der Waals surface area contributed by atoms with Gasteiger partial charge in [0.15, 0.2) is 10.9 Å². The third kappa shape index (κ3) is 3.36. The van der Waals surface area contributed by atoms with Crippen LogP contribution in [0.3, 0.4) is 0 Å². The Hall–Kier alpha value is -0.740. The van der Waals surface area contributed by atoms with Crippen molar-refractivity contribution in [1.29, 1.82) is 0 Å². The number of aryl methyl sites for hydroxylation is 1. The Morgan fingerprint density at radius 1 is 1.47 bits per heavy atom. The van der Waals surface area contributed by atoms with Crippen LogP contribution in [-0.2, 0) is 11.3 Å². The van der Waals surface area contributed by atoms with Crippen molar-refractivity contribution in [2.75, 3.05) is 13.7 Å². The van der Waals surface area contributed by atoms with Gasteiger partial charge in [0.05, 0.1) is 12.3 Å². The second-order valence-electron chi connectivity index (χ2n) is 4.39. The molecule has 2 rings (SSSR count). The van der Waals surface area contributed by atoms with Crippen molar-refractivity contribution < 1.29 is 9.47 Å². The fourth-order valence-corrected chi connectivity index (χ4v) is 2.35. The highest BCUT2D eigenvalue weighted by atomic mass is 35.5. The normalized spacial score (nSPS) is 16.6. The summed E-state index contributed by atoms with van der Waals surface area (Å²) in [7, 11) is 1.69. The molecule has 96 valence electrons. The van der Waals surface area contributed by atoms with Crippen LogP contribution in [-0.4, -0.2) is 29.6 Å². The van der Waals surface area contributed by atoms with Crippen LogP contribution in [0.5, 0.6) is 5.75 Å². The summed E-state index contributed by atoms with van der Waals surface area (Å²) in [6.45, 7) is 1.48.